The molecule has 0 bridgehead atoms. The summed E-state index contributed by atoms with van der Waals surface area (Å²) in [7, 11) is 2.16. The summed E-state index contributed by atoms with van der Waals surface area (Å²) < 4.78 is 6.47. The minimum atomic E-state index is -0.0396. The average molecular weight is 458 g/mol. The van der Waals surface area contributed by atoms with E-state index < -0.39 is 0 Å². The number of hydrogen-bond acceptors (Lipinski definition) is 4. The quantitative estimate of drug-likeness (QED) is 0.744. The lowest BCUT2D eigenvalue weighted by molar-refractivity contribution is 0.0162. The predicted octanol–water partition coefficient (Wildman–Crippen LogP) is 3.63. The molecule has 0 unspecified atom stereocenters. The number of morpholine rings is 1. The minimum Gasteiger partial charge on any atom is -0.379 e. The summed E-state index contributed by atoms with van der Waals surface area (Å²) in [5.74, 6) is -0.0396. The molecule has 6 heteroatoms. The van der Waals surface area contributed by atoms with Gasteiger partial charge in [-0.25, -0.2) is 0 Å². The van der Waals surface area contributed by atoms with Gasteiger partial charge in [-0.05, 0) is 48.2 Å². The fourth-order valence-corrected chi connectivity index (χ4v) is 4.68. The number of nitrogens with one attached hydrogen (secondary N) is 1. The summed E-state index contributed by atoms with van der Waals surface area (Å²) in [4.78, 5) is 17.5. The lowest BCUT2D eigenvalue weighted by atomic mass is 9.95. The molecule has 5 nitrogen and oxygen atoms in total. The molecule has 2 aromatic rings. The maximum atomic E-state index is 12.7. The van der Waals surface area contributed by atoms with E-state index in [0.29, 0.717) is 12.1 Å². The van der Waals surface area contributed by atoms with Crippen LogP contribution in [0.1, 0.15) is 33.9 Å². The van der Waals surface area contributed by atoms with Gasteiger partial charge in [0.1, 0.15) is 0 Å². The molecule has 29 heavy (non-hydrogen) atoms. The van der Waals surface area contributed by atoms with Crippen LogP contribution in [0.25, 0.3) is 0 Å². The normalized spacial score (nSPS) is 18.2. The number of benzene rings is 2. The van der Waals surface area contributed by atoms with Crippen molar-refractivity contribution >= 4 is 27.5 Å². The number of anilines is 1. The van der Waals surface area contributed by atoms with Crippen molar-refractivity contribution in [1.82, 2.24) is 10.2 Å². The lowest BCUT2D eigenvalue weighted by Crippen LogP contribution is -2.44. The molecule has 0 aromatic heterocycles. The van der Waals surface area contributed by atoms with Gasteiger partial charge >= 0.3 is 0 Å². The van der Waals surface area contributed by atoms with Gasteiger partial charge in [0.05, 0.1) is 19.3 Å². The second kappa shape index (κ2) is 9.28. The Bertz CT molecular complexity index is 867. The topological polar surface area (TPSA) is 44.8 Å². The van der Waals surface area contributed by atoms with Crippen LogP contribution in [0.15, 0.2) is 46.9 Å². The number of ether oxygens (including phenoxy) is 1. The molecule has 4 rings (SSSR count). The molecule has 1 fully saturated rings. The van der Waals surface area contributed by atoms with Crippen molar-refractivity contribution in [2.45, 2.75) is 18.9 Å². The van der Waals surface area contributed by atoms with E-state index >= 15 is 0 Å². The van der Waals surface area contributed by atoms with Crippen molar-refractivity contribution in [2.24, 2.45) is 0 Å². The molecule has 0 saturated carbocycles. The van der Waals surface area contributed by atoms with E-state index in [-0.39, 0.29) is 11.9 Å². The molecule has 1 amide bonds. The van der Waals surface area contributed by atoms with Crippen molar-refractivity contribution in [3.05, 3.63) is 63.6 Å². The molecular weight excluding hydrogens is 430 g/mol. The summed E-state index contributed by atoms with van der Waals surface area (Å²) in [6, 6.07) is 14.5. The van der Waals surface area contributed by atoms with Crippen LogP contribution in [-0.2, 0) is 11.2 Å². The van der Waals surface area contributed by atoms with E-state index in [1.54, 1.807) is 0 Å². The molecule has 0 radical (unpaired) electrons. The zero-order chi connectivity index (χ0) is 20.2. The minimum absolute atomic E-state index is 0.0396. The Hall–Kier alpha value is -1.89. The summed E-state index contributed by atoms with van der Waals surface area (Å²) in [5, 5.41) is 3.16. The van der Waals surface area contributed by atoms with E-state index in [1.165, 1.54) is 23.2 Å². The van der Waals surface area contributed by atoms with Crippen LogP contribution in [0.5, 0.6) is 0 Å². The largest absolute Gasteiger partial charge is 0.379 e. The first-order valence-corrected chi connectivity index (χ1v) is 11.1. The third-order valence-electron chi connectivity index (χ3n) is 5.87. The standard InChI is InChI=1S/C23H28BrN3O2/c1-26-9-3-5-17-14-18(7-8-21(17)26)22(27-10-12-29-13-11-27)16-25-23(28)19-4-2-6-20(24)15-19/h2,4,6-8,14-15,22H,3,5,9-13,16H2,1H3,(H,25,28)/t22-/m0/s1. The lowest BCUT2D eigenvalue weighted by Gasteiger charge is -2.36. The van der Waals surface area contributed by atoms with Crippen LogP contribution in [0.2, 0.25) is 0 Å². The van der Waals surface area contributed by atoms with Crippen LogP contribution in [0.4, 0.5) is 5.69 Å². The number of rotatable bonds is 5. The van der Waals surface area contributed by atoms with E-state index in [2.05, 4.69) is 56.3 Å². The van der Waals surface area contributed by atoms with Crippen LogP contribution in [0.3, 0.4) is 0 Å². The second-order valence-electron chi connectivity index (χ2n) is 7.80. The summed E-state index contributed by atoms with van der Waals surface area (Å²) >= 11 is 3.44. The number of nitrogens with zero attached hydrogens (tertiary/aromatic N) is 2. The second-order valence-corrected chi connectivity index (χ2v) is 8.71. The van der Waals surface area contributed by atoms with Gasteiger partial charge in [0.2, 0.25) is 0 Å². The molecule has 1 saturated heterocycles. The number of aryl methyl sites for hydroxylation is 1. The molecule has 2 heterocycles. The first kappa shape index (κ1) is 20.4. The number of hydrogen-bond donors (Lipinski definition) is 1. The number of amides is 1. The van der Waals surface area contributed by atoms with Gasteiger partial charge in [-0.15, -0.1) is 0 Å². The molecule has 154 valence electrons. The Morgan fingerprint density at radius 3 is 2.79 bits per heavy atom. The molecule has 1 atom stereocenters. The summed E-state index contributed by atoms with van der Waals surface area (Å²) in [5.41, 5.74) is 4.69. The Labute approximate surface area is 181 Å². The van der Waals surface area contributed by atoms with E-state index in [1.807, 2.05) is 24.3 Å². The predicted molar refractivity (Wildman–Crippen MR) is 120 cm³/mol. The molecular formula is C23H28BrN3O2. The van der Waals surface area contributed by atoms with Crippen molar-refractivity contribution in [2.75, 3.05) is 51.3 Å². The van der Waals surface area contributed by atoms with Crippen LogP contribution in [0, 0.1) is 0 Å². The zero-order valence-electron chi connectivity index (χ0n) is 16.9. The van der Waals surface area contributed by atoms with Crippen molar-refractivity contribution in [3.8, 4) is 0 Å². The highest BCUT2D eigenvalue weighted by Gasteiger charge is 2.25. The van der Waals surface area contributed by atoms with Gasteiger partial charge in [-0.1, -0.05) is 34.1 Å². The highest BCUT2D eigenvalue weighted by molar-refractivity contribution is 9.10. The van der Waals surface area contributed by atoms with Gasteiger partial charge in [-0.3, -0.25) is 9.69 Å². The van der Waals surface area contributed by atoms with Crippen molar-refractivity contribution < 1.29 is 9.53 Å². The molecule has 0 aliphatic carbocycles. The third kappa shape index (κ3) is 4.82. The molecule has 0 spiro atoms. The monoisotopic (exact) mass is 457 g/mol. The number of fused-ring (bicyclic) bond motifs is 1. The number of carbonyl (C=O) groups is 1. The highest BCUT2D eigenvalue weighted by Crippen LogP contribution is 2.31. The van der Waals surface area contributed by atoms with Crippen LogP contribution >= 0.6 is 15.9 Å². The fourth-order valence-electron chi connectivity index (χ4n) is 4.28. The Morgan fingerprint density at radius 1 is 1.17 bits per heavy atom. The van der Waals surface area contributed by atoms with Crippen LogP contribution < -0.4 is 10.2 Å². The molecule has 2 aliphatic rings. The SMILES string of the molecule is CN1CCCc2cc([C@H](CNC(=O)c3cccc(Br)c3)N3CCOCC3)ccc21. The van der Waals surface area contributed by atoms with Gasteiger partial charge in [0.25, 0.3) is 5.91 Å². The van der Waals surface area contributed by atoms with Gasteiger partial charge in [0.15, 0.2) is 0 Å². The Kier molecular flexibility index (Phi) is 6.53. The van der Waals surface area contributed by atoms with Crippen molar-refractivity contribution in [1.29, 1.82) is 0 Å². The first-order valence-electron chi connectivity index (χ1n) is 10.3. The van der Waals surface area contributed by atoms with E-state index in [0.717, 1.165) is 43.7 Å². The Balaban J connectivity index is 1.54. The van der Waals surface area contributed by atoms with E-state index in [9.17, 15) is 4.79 Å². The summed E-state index contributed by atoms with van der Waals surface area (Å²) in [6.07, 6.45) is 2.31. The third-order valence-corrected chi connectivity index (χ3v) is 6.36. The Morgan fingerprint density at radius 2 is 2.00 bits per heavy atom. The summed E-state index contributed by atoms with van der Waals surface area (Å²) in [6.45, 7) is 4.94. The number of halogens is 1. The van der Waals surface area contributed by atoms with E-state index in [4.69, 9.17) is 4.74 Å². The fraction of sp³-hybridized carbons (Fsp3) is 0.435. The van der Waals surface area contributed by atoms with Gasteiger partial charge in [0, 0.05) is 49.0 Å². The molecule has 2 aliphatic heterocycles. The highest BCUT2D eigenvalue weighted by atomic mass is 79.9. The molecule has 2 aromatic carbocycles. The maximum absolute atomic E-state index is 12.7. The van der Waals surface area contributed by atoms with Crippen LogP contribution in [-0.4, -0.2) is 57.2 Å². The number of carbonyl (C=O) groups excluding carboxylic acids is 1. The smallest absolute Gasteiger partial charge is 0.251 e. The zero-order valence-corrected chi connectivity index (χ0v) is 18.5. The van der Waals surface area contributed by atoms with Crippen molar-refractivity contribution in [3.63, 3.8) is 0 Å². The maximum Gasteiger partial charge on any atom is 0.251 e. The molecule has 1 N–H and O–H groups in total. The van der Waals surface area contributed by atoms with Gasteiger partial charge in [-0.2, -0.15) is 0 Å². The first-order chi connectivity index (χ1) is 14.1. The average Bonchev–Trinajstić information content (AvgIpc) is 2.74. The van der Waals surface area contributed by atoms with Gasteiger partial charge < -0.3 is 15.0 Å².